The molecule has 3 rings (SSSR count). The minimum Gasteiger partial charge on any atom is -0.308 e. The number of amides is 2. The zero-order valence-corrected chi connectivity index (χ0v) is 12.0. The average molecular weight is 297 g/mol. The second-order valence-electron chi connectivity index (χ2n) is 5.29. The van der Waals surface area contributed by atoms with Gasteiger partial charge in [0.05, 0.1) is 4.92 Å². The number of benzene rings is 2. The lowest BCUT2D eigenvalue weighted by Crippen LogP contribution is -2.39. The number of anilines is 2. The van der Waals surface area contributed by atoms with Gasteiger partial charge in [0.1, 0.15) is 0 Å². The highest BCUT2D eigenvalue weighted by atomic mass is 16.6. The molecule has 0 saturated carbocycles. The van der Waals surface area contributed by atoms with E-state index >= 15 is 0 Å². The van der Waals surface area contributed by atoms with Gasteiger partial charge in [-0.1, -0.05) is 18.2 Å². The molecule has 0 unspecified atom stereocenters. The van der Waals surface area contributed by atoms with Gasteiger partial charge in [0.2, 0.25) is 0 Å². The molecule has 22 heavy (non-hydrogen) atoms. The first-order chi connectivity index (χ1) is 10.6. The van der Waals surface area contributed by atoms with E-state index in [0.29, 0.717) is 5.69 Å². The summed E-state index contributed by atoms with van der Waals surface area (Å²) in [7, 11) is 0. The lowest BCUT2D eigenvalue weighted by atomic mass is 10.1. The molecule has 6 nitrogen and oxygen atoms in total. The number of nitro groups is 1. The van der Waals surface area contributed by atoms with Crippen molar-refractivity contribution >= 4 is 23.1 Å². The van der Waals surface area contributed by atoms with Gasteiger partial charge in [0.15, 0.2) is 0 Å². The van der Waals surface area contributed by atoms with Crippen molar-refractivity contribution in [2.45, 2.75) is 19.4 Å². The standard InChI is InChI=1S/C16H15N3O3/c1-11-10-12-4-2-3-5-15(12)18(11)16(20)17-13-6-8-14(9-7-13)19(21)22/h2-9,11H,10H2,1H3,(H,17,20)/t11-/m0/s1. The first-order valence-corrected chi connectivity index (χ1v) is 6.99. The van der Waals surface area contributed by atoms with Gasteiger partial charge < -0.3 is 5.32 Å². The van der Waals surface area contributed by atoms with Crippen molar-refractivity contribution in [1.29, 1.82) is 0 Å². The molecule has 2 aromatic carbocycles. The van der Waals surface area contributed by atoms with E-state index in [-0.39, 0.29) is 17.8 Å². The highest BCUT2D eigenvalue weighted by molar-refractivity contribution is 6.03. The number of rotatable bonds is 2. The van der Waals surface area contributed by atoms with Crippen LogP contribution in [0.15, 0.2) is 48.5 Å². The van der Waals surface area contributed by atoms with Crippen LogP contribution in [0.5, 0.6) is 0 Å². The normalized spacial score (nSPS) is 16.2. The summed E-state index contributed by atoms with van der Waals surface area (Å²) in [6, 6.07) is 13.5. The fourth-order valence-corrected chi connectivity index (χ4v) is 2.73. The molecule has 1 N–H and O–H groups in total. The van der Waals surface area contributed by atoms with Crippen LogP contribution >= 0.6 is 0 Å². The van der Waals surface area contributed by atoms with Crippen molar-refractivity contribution in [3.8, 4) is 0 Å². The molecule has 6 heteroatoms. The van der Waals surface area contributed by atoms with Gasteiger partial charge in [-0.05, 0) is 37.1 Å². The van der Waals surface area contributed by atoms with E-state index in [1.807, 2.05) is 31.2 Å². The molecule has 1 heterocycles. The topological polar surface area (TPSA) is 75.5 Å². The second kappa shape index (κ2) is 5.48. The summed E-state index contributed by atoms with van der Waals surface area (Å²) >= 11 is 0. The highest BCUT2D eigenvalue weighted by Gasteiger charge is 2.30. The van der Waals surface area contributed by atoms with Crippen molar-refractivity contribution in [1.82, 2.24) is 0 Å². The van der Waals surface area contributed by atoms with Crippen LogP contribution in [0.3, 0.4) is 0 Å². The SMILES string of the molecule is C[C@H]1Cc2ccccc2N1C(=O)Nc1ccc([N+](=O)[O-])cc1. The Bertz CT molecular complexity index is 728. The molecule has 0 bridgehead atoms. The molecule has 0 aliphatic carbocycles. The summed E-state index contributed by atoms with van der Waals surface area (Å²) in [4.78, 5) is 24.4. The van der Waals surface area contributed by atoms with Crippen LogP contribution in [0, 0.1) is 10.1 Å². The molecule has 0 fully saturated rings. The number of nitrogens with one attached hydrogen (secondary N) is 1. The number of nitro benzene ring substituents is 1. The third-order valence-electron chi connectivity index (χ3n) is 3.76. The molecule has 2 aromatic rings. The van der Waals surface area contributed by atoms with Crippen LogP contribution in [0.1, 0.15) is 12.5 Å². The van der Waals surface area contributed by atoms with Crippen LogP contribution in [-0.2, 0) is 6.42 Å². The van der Waals surface area contributed by atoms with Crippen molar-refractivity contribution in [2.24, 2.45) is 0 Å². The lowest BCUT2D eigenvalue weighted by Gasteiger charge is -2.23. The maximum Gasteiger partial charge on any atom is 0.326 e. The zero-order chi connectivity index (χ0) is 15.7. The van der Waals surface area contributed by atoms with Crippen LogP contribution in [0.25, 0.3) is 0 Å². The van der Waals surface area contributed by atoms with Crippen LogP contribution < -0.4 is 10.2 Å². The van der Waals surface area contributed by atoms with E-state index in [9.17, 15) is 14.9 Å². The van der Waals surface area contributed by atoms with E-state index in [0.717, 1.165) is 17.7 Å². The number of fused-ring (bicyclic) bond motifs is 1. The number of nitrogens with zero attached hydrogens (tertiary/aromatic N) is 2. The van der Waals surface area contributed by atoms with Crippen molar-refractivity contribution in [3.63, 3.8) is 0 Å². The number of hydrogen-bond acceptors (Lipinski definition) is 3. The van der Waals surface area contributed by atoms with Gasteiger partial charge >= 0.3 is 6.03 Å². The minimum atomic E-state index is -0.468. The first-order valence-electron chi connectivity index (χ1n) is 6.99. The fourth-order valence-electron chi connectivity index (χ4n) is 2.73. The zero-order valence-electron chi connectivity index (χ0n) is 12.0. The lowest BCUT2D eigenvalue weighted by molar-refractivity contribution is -0.384. The Morgan fingerprint density at radius 3 is 2.59 bits per heavy atom. The van der Waals surface area contributed by atoms with Gasteiger partial charge in [-0.2, -0.15) is 0 Å². The van der Waals surface area contributed by atoms with Crippen molar-refractivity contribution in [2.75, 3.05) is 10.2 Å². The number of para-hydroxylation sites is 1. The molecule has 0 saturated heterocycles. The quantitative estimate of drug-likeness (QED) is 0.680. The van der Waals surface area contributed by atoms with Crippen molar-refractivity contribution in [3.05, 3.63) is 64.2 Å². The van der Waals surface area contributed by atoms with E-state index < -0.39 is 4.92 Å². The molecule has 112 valence electrons. The molecule has 0 radical (unpaired) electrons. The molecule has 1 aliphatic heterocycles. The summed E-state index contributed by atoms with van der Waals surface area (Å²) in [5.74, 6) is 0. The van der Waals surface area contributed by atoms with E-state index in [1.165, 1.54) is 24.3 Å². The maximum atomic E-state index is 12.5. The Hall–Kier alpha value is -2.89. The number of hydrogen-bond donors (Lipinski definition) is 1. The Morgan fingerprint density at radius 1 is 1.23 bits per heavy atom. The Kier molecular flexibility index (Phi) is 3.50. The fraction of sp³-hybridized carbons (Fsp3) is 0.188. The number of urea groups is 1. The summed E-state index contributed by atoms with van der Waals surface area (Å²) < 4.78 is 0. The Balaban J connectivity index is 1.78. The molecule has 0 aromatic heterocycles. The van der Waals surface area contributed by atoms with Crippen LogP contribution in [0.4, 0.5) is 21.9 Å². The Morgan fingerprint density at radius 2 is 1.91 bits per heavy atom. The summed E-state index contributed by atoms with van der Waals surface area (Å²) in [5.41, 5.74) is 2.59. The smallest absolute Gasteiger partial charge is 0.308 e. The Labute approximate surface area is 127 Å². The molecule has 2 amide bonds. The predicted molar refractivity (Wildman–Crippen MR) is 84.2 cm³/mol. The largest absolute Gasteiger partial charge is 0.326 e. The van der Waals surface area contributed by atoms with E-state index in [2.05, 4.69) is 5.32 Å². The van der Waals surface area contributed by atoms with Gasteiger partial charge in [-0.15, -0.1) is 0 Å². The van der Waals surface area contributed by atoms with Crippen molar-refractivity contribution < 1.29 is 9.72 Å². The number of non-ortho nitro benzene ring substituents is 1. The molecule has 0 spiro atoms. The van der Waals surface area contributed by atoms with Crippen LogP contribution in [0.2, 0.25) is 0 Å². The highest BCUT2D eigenvalue weighted by Crippen LogP contribution is 2.32. The predicted octanol–water partition coefficient (Wildman–Crippen LogP) is 3.58. The maximum absolute atomic E-state index is 12.5. The molecular weight excluding hydrogens is 282 g/mol. The van der Waals surface area contributed by atoms with Gasteiger partial charge in [-0.25, -0.2) is 4.79 Å². The third-order valence-corrected chi connectivity index (χ3v) is 3.76. The van der Waals surface area contributed by atoms with Gasteiger partial charge in [0.25, 0.3) is 5.69 Å². The second-order valence-corrected chi connectivity index (χ2v) is 5.29. The van der Waals surface area contributed by atoms with Crippen LogP contribution in [-0.4, -0.2) is 17.0 Å². The number of carbonyl (C=O) groups is 1. The minimum absolute atomic E-state index is 0.00196. The summed E-state index contributed by atoms with van der Waals surface area (Å²) in [6.07, 6.45) is 0.823. The molecule has 1 aliphatic rings. The van der Waals surface area contributed by atoms with E-state index in [4.69, 9.17) is 0 Å². The third kappa shape index (κ3) is 2.50. The summed E-state index contributed by atoms with van der Waals surface area (Å²) in [5, 5.41) is 13.4. The van der Waals surface area contributed by atoms with Gasteiger partial charge in [0, 0.05) is 29.5 Å². The van der Waals surface area contributed by atoms with Gasteiger partial charge in [-0.3, -0.25) is 15.0 Å². The molecule has 1 atom stereocenters. The van der Waals surface area contributed by atoms with E-state index in [1.54, 1.807) is 4.90 Å². The monoisotopic (exact) mass is 297 g/mol. The number of carbonyl (C=O) groups excluding carboxylic acids is 1. The molecular formula is C16H15N3O3. The summed E-state index contributed by atoms with van der Waals surface area (Å²) in [6.45, 7) is 2.00. The average Bonchev–Trinajstić information content (AvgIpc) is 2.83. The first kappa shape index (κ1) is 14.1.